The minimum Gasteiger partial charge on any atom is -0.392 e. The van der Waals surface area contributed by atoms with Crippen molar-refractivity contribution in [2.45, 2.75) is 44.2 Å². The maximum Gasteiger partial charge on any atom is 0.227 e. The van der Waals surface area contributed by atoms with Crippen LogP contribution in [0, 0.1) is 0 Å². The molecule has 0 aliphatic heterocycles. The number of rotatable bonds is 4. The van der Waals surface area contributed by atoms with E-state index in [1.807, 2.05) is 0 Å². The molecule has 2 unspecified atom stereocenters. The summed E-state index contributed by atoms with van der Waals surface area (Å²) in [5.41, 5.74) is 0. The van der Waals surface area contributed by atoms with Gasteiger partial charge in [-0.2, -0.15) is 4.98 Å². The van der Waals surface area contributed by atoms with Crippen LogP contribution in [0.4, 0.5) is 0 Å². The molecule has 0 spiro atoms. The van der Waals surface area contributed by atoms with Crippen molar-refractivity contribution in [3.8, 4) is 0 Å². The van der Waals surface area contributed by atoms with Crippen LogP contribution in [0.3, 0.4) is 0 Å². The van der Waals surface area contributed by atoms with Gasteiger partial charge in [0.2, 0.25) is 5.89 Å². The molecule has 0 bridgehead atoms. The molecule has 5 nitrogen and oxygen atoms in total. The summed E-state index contributed by atoms with van der Waals surface area (Å²) in [6, 6.07) is 0.238. The normalized spacial score (nSPS) is 26.7. The quantitative estimate of drug-likeness (QED) is 0.759. The summed E-state index contributed by atoms with van der Waals surface area (Å²) in [6.07, 6.45) is 6.26. The Labute approximate surface area is 88.9 Å². The number of nitrogens with zero attached hydrogens (tertiary/aromatic N) is 2. The number of nitrogens with one attached hydrogen (secondary N) is 1. The van der Waals surface area contributed by atoms with Crippen LogP contribution >= 0.6 is 0 Å². The van der Waals surface area contributed by atoms with E-state index in [1.54, 1.807) is 0 Å². The van der Waals surface area contributed by atoms with Crippen molar-refractivity contribution in [3.05, 3.63) is 12.2 Å². The number of hydrogen-bond acceptors (Lipinski definition) is 5. The molecule has 1 aliphatic carbocycles. The Bertz CT molecular complexity index is 276. The molecule has 15 heavy (non-hydrogen) atoms. The van der Waals surface area contributed by atoms with E-state index >= 15 is 0 Å². The molecular formula is C10H17N3O2. The molecule has 0 radical (unpaired) electrons. The predicted molar refractivity (Wildman–Crippen MR) is 54.3 cm³/mol. The summed E-state index contributed by atoms with van der Waals surface area (Å²) < 4.78 is 4.89. The first kappa shape index (κ1) is 10.6. The molecule has 0 amide bonds. The lowest BCUT2D eigenvalue weighted by atomic mass is 9.92. The van der Waals surface area contributed by atoms with E-state index in [4.69, 9.17) is 4.52 Å². The Morgan fingerprint density at radius 3 is 3.07 bits per heavy atom. The lowest BCUT2D eigenvalue weighted by Gasteiger charge is -2.28. The Morgan fingerprint density at radius 2 is 2.33 bits per heavy atom. The van der Waals surface area contributed by atoms with Crippen LogP contribution in [0.5, 0.6) is 0 Å². The molecule has 2 N–H and O–H groups in total. The van der Waals surface area contributed by atoms with Gasteiger partial charge in [-0.05, 0) is 12.8 Å². The third-order valence-corrected chi connectivity index (χ3v) is 2.88. The highest BCUT2D eigenvalue weighted by Crippen LogP contribution is 2.18. The van der Waals surface area contributed by atoms with Gasteiger partial charge in [0.25, 0.3) is 0 Å². The van der Waals surface area contributed by atoms with E-state index in [2.05, 4.69) is 15.5 Å². The molecule has 1 aliphatic rings. The first-order valence-electron chi connectivity index (χ1n) is 5.53. The highest BCUT2D eigenvalue weighted by Gasteiger charge is 2.21. The molecule has 1 saturated carbocycles. The number of aromatic nitrogens is 2. The predicted octanol–water partition coefficient (Wildman–Crippen LogP) is 0.505. The minimum absolute atomic E-state index is 0.193. The molecule has 84 valence electrons. The third kappa shape index (κ3) is 3.00. The minimum atomic E-state index is -0.193. The summed E-state index contributed by atoms with van der Waals surface area (Å²) in [6.45, 7) is 0.782. The van der Waals surface area contributed by atoms with Gasteiger partial charge >= 0.3 is 0 Å². The molecule has 1 aromatic rings. The lowest BCUT2D eigenvalue weighted by Crippen LogP contribution is -2.42. The van der Waals surface area contributed by atoms with Gasteiger partial charge in [-0.1, -0.05) is 18.0 Å². The van der Waals surface area contributed by atoms with E-state index in [1.165, 1.54) is 12.7 Å². The molecule has 0 saturated heterocycles. The van der Waals surface area contributed by atoms with Crippen molar-refractivity contribution in [2.75, 3.05) is 6.54 Å². The zero-order valence-electron chi connectivity index (χ0n) is 8.72. The van der Waals surface area contributed by atoms with Crippen molar-refractivity contribution < 1.29 is 9.63 Å². The fraction of sp³-hybridized carbons (Fsp3) is 0.800. The summed E-state index contributed by atoms with van der Waals surface area (Å²) in [4.78, 5) is 3.94. The van der Waals surface area contributed by atoms with Gasteiger partial charge in [0.1, 0.15) is 0 Å². The molecule has 1 heterocycles. The van der Waals surface area contributed by atoms with Crippen LogP contribution in [0.2, 0.25) is 0 Å². The lowest BCUT2D eigenvalue weighted by molar-refractivity contribution is 0.0910. The fourth-order valence-corrected chi connectivity index (χ4v) is 2.02. The third-order valence-electron chi connectivity index (χ3n) is 2.88. The van der Waals surface area contributed by atoms with Gasteiger partial charge in [0.05, 0.1) is 6.10 Å². The second-order valence-electron chi connectivity index (χ2n) is 4.00. The van der Waals surface area contributed by atoms with Crippen LogP contribution in [0.25, 0.3) is 0 Å². The first-order valence-corrected chi connectivity index (χ1v) is 5.53. The maximum atomic E-state index is 9.71. The monoisotopic (exact) mass is 211 g/mol. The number of aliphatic hydroxyl groups excluding tert-OH is 1. The van der Waals surface area contributed by atoms with Crippen molar-refractivity contribution in [1.29, 1.82) is 0 Å². The maximum absolute atomic E-state index is 9.71. The molecule has 5 heteroatoms. The molecule has 1 fully saturated rings. The van der Waals surface area contributed by atoms with Gasteiger partial charge in [-0.25, -0.2) is 0 Å². The smallest absolute Gasteiger partial charge is 0.227 e. The van der Waals surface area contributed by atoms with Crippen LogP contribution < -0.4 is 5.32 Å². The number of hydrogen-bond donors (Lipinski definition) is 2. The van der Waals surface area contributed by atoms with Gasteiger partial charge in [0, 0.05) is 19.0 Å². The average molecular weight is 211 g/mol. The summed E-state index contributed by atoms with van der Waals surface area (Å²) in [5.74, 6) is 0.646. The van der Waals surface area contributed by atoms with Crippen molar-refractivity contribution in [1.82, 2.24) is 15.5 Å². The summed E-state index contributed by atoms with van der Waals surface area (Å²) in [5, 5.41) is 16.6. The Hall–Kier alpha value is -0.940. The Balaban J connectivity index is 1.68. The van der Waals surface area contributed by atoms with Crippen LogP contribution in [0.1, 0.15) is 31.6 Å². The van der Waals surface area contributed by atoms with Crippen LogP contribution in [0.15, 0.2) is 10.9 Å². The largest absolute Gasteiger partial charge is 0.392 e. The van der Waals surface area contributed by atoms with Crippen molar-refractivity contribution >= 4 is 0 Å². The Morgan fingerprint density at radius 1 is 1.47 bits per heavy atom. The number of aliphatic hydroxyl groups is 1. The second-order valence-corrected chi connectivity index (χ2v) is 4.00. The first-order chi connectivity index (χ1) is 7.36. The van der Waals surface area contributed by atoms with Gasteiger partial charge in [-0.15, -0.1) is 0 Å². The summed E-state index contributed by atoms with van der Waals surface area (Å²) in [7, 11) is 0. The van der Waals surface area contributed by atoms with Crippen LogP contribution in [-0.2, 0) is 6.42 Å². The molecule has 2 rings (SSSR count). The van der Waals surface area contributed by atoms with Gasteiger partial charge < -0.3 is 14.9 Å². The average Bonchev–Trinajstić information content (AvgIpc) is 2.74. The standard InChI is InChI=1S/C10H17N3O2/c14-9-4-2-1-3-8(9)11-6-5-10-12-7-13-15-10/h7-9,11,14H,1-6H2. The molecular weight excluding hydrogens is 194 g/mol. The summed E-state index contributed by atoms with van der Waals surface area (Å²) >= 11 is 0. The molecule has 1 aromatic heterocycles. The SMILES string of the molecule is OC1CCCCC1NCCc1ncno1. The van der Waals surface area contributed by atoms with E-state index < -0.39 is 0 Å². The zero-order valence-corrected chi connectivity index (χ0v) is 8.72. The van der Waals surface area contributed by atoms with Gasteiger partial charge in [0.15, 0.2) is 6.33 Å². The molecule has 0 aromatic carbocycles. The second kappa shape index (κ2) is 5.23. The topological polar surface area (TPSA) is 71.2 Å². The van der Waals surface area contributed by atoms with E-state index in [0.29, 0.717) is 5.89 Å². The van der Waals surface area contributed by atoms with E-state index in [0.717, 1.165) is 32.2 Å². The highest BCUT2D eigenvalue weighted by atomic mass is 16.5. The van der Waals surface area contributed by atoms with Crippen molar-refractivity contribution in [2.24, 2.45) is 0 Å². The van der Waals surface area contributed by atoms with E-state index in [9.17, 15) is 5.11 Å². The zero-order chi connectivity index (χ0) is 10.5. The Kier molecular flexibility index (Phi) is 3.69. The fourth-order valence-electron chi connectivity index (χ4n) is 2.02. The van der Waals surface area contributed by atoms with E-state index in [-0.39, 0.29) is 12.1 Å². The highest BCUT2D eigenvalue weighted by molar-refractivity contribution is 4.82. The van der Waals surface area contributed by atoms with Gasteiger partial charge in [-0.3, -0.25) is 0 Å². The van der Waals surface area contributed by atoms with Crippen molar-refractivity contribution in [3.63, 3.8) is 0 Å². The molecule has 2 atom stereocenters. The van der Waals surface area contributed by atoms with Crippen LogP contribution in [-0.4, -0.2) is 33.9 Å².